The number of hydrogen-bond acceptors (Lipinski definition) is 2. The van der Waals surface area contributed by atoms with Crippen LogP contribution in [-0.2, 0) is 4.74 Å². The van der Waals surface area contributed by atoms with Crippen LogP contribution in [0.5, 0.6) is 0 Å². The van der Waals surface area contributed by atoms with Gasteiger partial charge in [-0.1, -0.05) is 33.1 Å². The maximum absolute atomic E-state index is 5.22. The van der Waals surface area contributed by atoms with Gasteiger partial charge in [0.2, 0.25) is 0 Å². The van der Waals surface area contributed by atoms with Crippen molar-refractivity contribution in [2.75, 3.05) is 20.3 Å². The van der Waals surface area contributed by atoms with Crippen LogP contribution in [0.1, 0.15) is 52.4 Å². The number of hydrogen-bond donors (Lipinski definition) is 1. The van der Waals surface area contributed by atoms with Crippen molar-refractivity contribution in [2.24, 2.45) is 5.41 Å². The summed E-state index contributed by atoms with van der Waals surface area (Å²) in [5, 5.41) is 3.68. The quantitative estimate of drug-likeness (QED) is 0.732. The van der Waals surface area contributed by atoms with Crippen molar-refractivity contribution in [1.29, 1.82) is 0 Å². The summed E-state index contributed by atoms with van der Waals surface area (Å²) in [4.78, 5) is 0. The highest BCUT2D eigenvalue weighted by molar-refractivity contribution is 4.74. The standard InChI is InChI=1S/C13H27NO/c1-13(2,11-15-3)9-10-14-12-7-5-4-6-8-12/h12,14H,4-11H2,1-3H3. The molecule has 15 heavy (non-hydrogen) atoms. The Kier molecular flexibility index (Phi) is 5.62. The fraction of sp³-hybridized carbons (Fsp3) is 1.00. The zero-order valence-corrected chi connectivity index (χ0v) is 10.6. The molecule has 1 fully saturated rings. The van der Waals surface area contributed by atoms with E-state index in [9.17, 15) is 0 Å². The molecule has 0 aliphatic heterocycles. The van der Waals surface area contributed by atoms with E-state index in [1.54, 1.807) is 7.11 Å². The van der Waals surface area contributed by atoms with Gasteiger partial charge < -0.3 is 10.1 Å². The van der Waals surface area contributed by atoms with Crippen molar-refractivity contribution in [3.8, 4) is 0 Å². The summed E-state index contributed by atoms with van der Waals surface area (Å²) in [6.45, 7) is 6.55. The van der Waals surface area contributed by atoms with Crippen molar-refractivity contribution >= 4 is 0 Å². The highest BCUT2D eigenvalue weighted by Crippen LogP contribution is 2.21. The second kappa shape index (κ2) is 6.49. The van der Waals surface area contributed by atoms with Gasteiger partial charge in [0.05, 0.1) is 6.61 Å². The Morgan fingerprint density at radius 1 is 1.20 bits per heavy atom. The van der Waals surface area contributed by atoms with E-state index >= 15 is 0 Å². The summed E-state index contributed by atoms with van der Waals surface area (Å²) in [5.41, 5.74) is 0.316. The van der Waals surface area contributed by atoms with Gasteiger partial charge in [-0.25, -0.2) is 0 Å². The van der Waals surface area contributed by atoms with Gasteiger partial charge in [-0.3, -0.25) is 0 Å². The third-order valence-electron chi connectivity index (χ3n) is 3.38. The van der Waals surface area contributed by atoms with Crippen LogP contribution in [0.4, 0.5) is 0 Å². The fourth-order valence-corrected chi connectivity index (χ4v) is 2.38. The zero-order valence-electron chi connectivity index (χ0n) is 10.6. The second-order valence-corrected chi connectivity index (χ2v) is 5.64. The average Bonchev–Trinajstić information content (AvgIpc) is 2.19. The molecule has 0 aromatic heterocycles. The summed E-state index contributed by atoms with van der Waals surface area (Å²) in [6.07, 6.45) is 8.23. The van der Waals surface area contributed by atoms with Crippen LogP contribution in [0, 0.1) is 5.41 Å². The summed E-state index contributed by atoms with van der Waals surface area (Å²) in [6, 6.07) is 0.789. The van der Waals surface area contributed by atoms with Crippen LogP contribution in [0.25, 0.3) is 0 Å². The largest absolute Gasteiger partial charge is 0.384 e. The normalized spacial score (nSPS) is 19.4. The lowest BCUT2D eigenvalue weighted by Crippen LogP contribution is -2.34. The van der Waals surface area contributed by atoms with Gasteiger partial charge in [0, 0.05) is 13.2 Å². The molecule has 0 bridgehead atoms. The van der Waals surface area contributed by atoms with E-state index in [-0.39, 0.29) is 0 Å². The van der Waals surface area contributed by atoms with Crippen LogP contribution in [0.2, 0.25) is 0 Å². The highest BCUT2D eigenvalue weighted by Gasteiger charge is 2.18. The summed E-state index contributed by atoms with van der Waals surface area (Å²) in [5.74, 6) is 0. The number of nitrogens with one attached hydrogen (secondary N) is 1. The lowest BCUT2D eigenvalue weighted by Gasteiger charge is -2.27. The molecule has 2 nitrogen and oxygen atoms in total. The van der Waals surface area contributed by atoms with E-state index in [1.807, 2.05) is 0 Å². The molecule has 1 aliphatic rings. The summed E-state index contributed by atoms with van der Waals surface area (Å²) >= 11 is 0. The molecular weight excluding hydrogens is 186 g/mol. The Labute approximate surface area is 94.8 Å². The smallest absolute Gasteiger partial charge is 0.0513 e. The Balaban J connectivity index is 2.09. The molecule has 0 aromatic rings. The summed E-state index contributed by atoms with van der Waals surface area (Å²) < 4.78 is 5.22. The van der Waals surface area contributed by atoms with Crippen LogP contribution in [0.15, 0.2) is 0 Å². The Hall–Kier alpha value is -0.0800. The van der Waals surface area contributed by atoms with Gasteiger partial charge in [-0.2, -0.15) is 0 Å². The fourth-order valence-electron chi connectivity index (χ4n) is 2.38. The van der Waals surface area contributed by atoms with Gasteiger partial charge >= 0.3 is 0 Å². The first-order chi connectivity index (χ1) is 7.14. The molecule has 90 valence electrons. The lowest BCUT2D eigenvalue weighted by atomic mass is 9.89. The number of ether oxygens (including phenoxy) is 1. The topological polar surface area (TPSA) is 21.3 Å². The zero-order chi connectivity index (χ0) is 11.1. The number of methoxy groups -OCH3 is 1. The first-order valence-electron chi connectivity index (χ1n) is 6.36. The van der Waals surface area contributed by atoms with E-state index in [0.717, 1.165) is 19.2 Å². The monoisotopic (exact) mass is 213 g/mol. The average molecular weight is 213 g/mol. The van der Waals surface area contributed by atoms with Crippen molar-refractivity contribution in [1.82, 2.24) is 5.32 Å². The van der Waals surface area contributed by atoms with Crippen LogP contribution >= 0.6 is 0 Å². The third kappa shape index (κ3) is 5.53. The molecule has 0 spiro atoms. The Bertz CT molecular complexity index is 162. The Morgan fingerprint density at radius 3 is 2.47 bits per heavy atom. The molecule has 2 heteroatoms. The predicted octanol–water partition coefficient (Wildman–Crippen LogP) is 2.97. The summed E-state index contributed by atoms with van der Waals surface area (Å²) in [7, 11) is 1.79. The maximum Gasteiger partial charge on any atom is 0.0513 e. The van der Waals surface area contributed by atoms with Crippen LogP contribution < -0.4 is 5.32 Å². The molecule has 0 atom stereocenters. The number of rotatable bonds is 6. The Morgan fingerprint density at radius 2 is 1.87 bits per heavy atom. The van der Waals surface area contributed by atoms with Gasteiger partial charge in [-0.15, -0.1) is 0 Å². The molecule has 1 saturated carbocycles. The lowest BCUT2D eigenvalue weighted by molar-refractivity contribution is 0.0972. The molecule has 1 aliphatic carbocycles. The molecule has 0 radical (unpaired) electrons. The van der Waals surface area contributed by atoms with E-state index in [1.165, 1.54) is 38.5 Å². The van der Waals surface area contributed by atoms with Crippen LogP contribution in [0.3, 0.4) is 0 Å². The van der Waals surface area contributed by atoms with E-state index < -0.39 is 0 Å². The molecule has 0 unspecified atom stereocenters. The van der Waals surface area contributed by atoms with Crippen LogP contribution in [-0.4, -0.2) is 26.3 Å². The first kappa shape index (κ1) is 13.0. The van der Waals surface area contributed by atoms with E-state index in [4.69, 9.17) is 4.74 Å². The minimum atomic E-state index is 0.316. The third-order valence-corrected chi connectivity index (χ3v) is 3.38. The molecule has 1 N–H and O–H groups in total. The van der Waals surface area contributed by atoms with Crippen molar-refractivity contribution in [3.05, 3.63) is 0 Å². The molecule has 0 saturated heterocycles. The van der Waals surface area contributed by atoms with Gasteiger partial charge in [0.15, 0.2) is 0 Å². The predicted molar refractivity (Wildman–Crippen MR) is 65.1 cm³/mol. The SMILES string of the molecule is COCC(C)(C)CCNC1CCCCC1. The molecule has 0 amide bonds. The van der Waals surface area contributed by atoms with Gasteiger partial charge in [0.1, 0.15) is 0 Å². The molecular formula is C13H27NO. The van der Waals surface area contributed by atoms with Crippen molar-refractivity contribution < 1.29 is 4.74 Å². The molecule has 1 rings (SSSR count). The second-order valence-electron chi connectivity index (χ2n) is 5.64. The minimum Gasteiger partial charge on any atom is -0.384 e. The first-order valence-corrected chi connectivity index (χ1v) is 6.36. The maximum atomic E-state index is 5.22. The van der Waals surface area contributed by atoms with Gasteiger partial charge in [-0.05, 0) is 31.2 Å². The van der Waals surface area contributed by atoms with Crippen molar-refractivity contribution in [3.63, 3.8) is 0 Å². The molecule has 0 aromatic carbocycles. The van der Waals surface area contributed by atoms with E-state index in [2.05, 4.69) is 19.2 Å². The van der Waals surface area contributed by atoms with Crippen molar-refractivity contribution in [2.45, 2.75) is 58.4 Å². The van der Waals surface area contributed by atoms with Gasteiger partial charge in [0.25, 0.3) is 0 Å². The minimum absolute atomic E-state index is 0.316. The highest BCUT2D eigenvalue weighted by atomic mass is 16.5. The van der Waals surface area contributed by atoms with E-state index in [0.29, 0.717) is 5.41 Å². The molecule has 0 heterocycles.